The highest BCUT2D eigenvalue weighted by atomic mass is 35.5. The summed E-state index contributed by atoms with van der Waals surface area (Å²) in [6.45, 7) is 1.03. The Balaban J connectivity index is 0.00000252. The molecule has 2 saturated carbocycles. The average molecular weight is 531 g/mol. The molecule has 2 aliphatic heterocycles. The Morgan fingerprint density at radius 2 is 2.11 bits per heavy atom. The zero-order chi connectivity index (χ0) is 24.8. The van der Waals surface area contributed by atoms with E-state index in [1.807, 2.05) is 6.07 Å². The molecule has 1 saturated heterocycles. The Labute approximate surface area is 221 Å². The van der Waals surface area contributed by atoms with E-state index in [0.717, 1.165) is 30.5 Å². The van der Waals surface area contributed by atoms with E-state index in [1.165, 1.54) is 6.08 Å². The van der Waals surface area contributed by atoms with Crippen molar-refractivity contribution in [1.29, 1.82) is 0 Å². The Bertz CT molecular complexity index is 1250. The number of likely N-dealkylation sites (tertiary alicyclic amines) is 1. The molecule has 1 spiro atoms. The number of hydrogen-bond acceptors (Lipinski definition) is 6. The maximum atomic E-state index is 16.7. The van der Waals surface area contributed by atoms with E-state index in [0.29, 0.717) is 30.7 Å². The Morgan fingerprint density at radius 3 is 2.84 bits per heavy atom. The third-order valence-corrected chi connectivity index (χ3v) is 9.51. The second-order valence-corrected chi connectivity index (χ2v) is 11.3. The number of alkyl halides is 1. The number of aliphatic hydroxyl groups is 1. The van der Waals surface area contributed by atoms with Crippen molar-refractivity contribution in [1.82, 2.24) is 9.80 Å². The standard InChI is InChI=1S/C28H31FN2O5.ClH/c1-30(23(33)7-4-17-9-11-35-15-17)19-8-10-27(34)22-12-18-5-6-20(32)25-24(18)28(27,26(19)36-25)21(29)14-31(22)13-16-2-3-16;/h4-7,9,11,15-16,19,21-22,26,32,34H,2-3,8,10,12-14H2,1H3;1H/b7-4+;/t19-,21+,22?,26+,27-,28+;/m1./s1. The highest BCUT2D eigenvalue weighted by Gasteiger charge is 2.77. The summed E-state index contributed by atoms with van der Waals surface area (Å²) in [6.07, 6.45) is 7.82. The lowest BCUT2D eigenvalue weighted by Gasteiger charge is -2.65. The zero-order valence-corrected chi connectivity index (χ0v) is 21.5. The van der Waals surface area contributed by atoms with Crippen molar-refractivity contribution in [3.63, 3.8) is 0 Å². The number of phenolic OH excluding ortho intramolecular Hbond substituents is 1. The summed E-state index contributed by atoms with van der Waals surface area (Å²) >= 11 is 0. The zero-order valence-electron chi connectivity index (χ0n) is 20.7. The topological polar surface area (TPSA) is 86.4 Å². The van der Waals surface area contributed by atoms with Crippen molar-refractivity contribution in [2.24, 2.45) is 5.92 Å². The van der Waals surface area contributed by atoms with Crippen LogP contribution in [0.15, 0.2) is 41.2 Å². The first-order valence-corrected chi connectivity index (χ1v) is 12.9. The Kier molecular flexibility index (Phi) is 5.68. The number of hydrogen-bond donors (Lipinski definition) is 2. The van der Waals surface area contributed by atoms with Crippen LogP contribution in [0.25, 0.3) is 6.08 Å². The fourth-order valence-corrected chi connectivity index (χ4v) is 7.67. The smallest absolute Gasteiger partial charge is 0.246 e. The molecule has 2 bridgehead atoms. The molecule has 7 rings (SSSR count). The van der Waals surface area contributed by atoms with Gasteiger partial charge in [-0.25, -0.2) is 4.39 Å². The van der Waals surface area contributed by atoms with Gasteiger partial charge in [-0.2, -0.15) is 0 Å². The van der Waals surface area contributed by atoms with E-state index in [9.17, 15) is 15.0 Å². The van der Waals surface area contributed by atoms with Gasteiger partial charge < -0.3 is 24.3 Å². The van der Waals surface area contributed by atoms with Crippen LogP contribution in [0.5, 0.6) is 11.5 Å². The highest BCUT2D eigenvalue weighted by molar-refractivity contribution is 5.92. The summed E-state index contributed by atoms with van der Waals surface area (Å²) < 4.78 is 28.2. The lowest BCUT2D eigenvalue weighted by Crippen LogP contribution is -2.82. The van der Waals surface area contributed by atoms with Crippen LogP contribution in [-0.2, 0) is 16.6 Å². The van der Waals surface area contributed by atoms with Crippen LogP contribution in [-0.4, -0.2) is 76.0 Å². The SMILES string of the molecule is CN(C(=O)/C=C/c1ccoc1)[C@@H]1CC[C@@]2(O)C3Cc4ccc(O)c5c4[C@@]2([C@@H](F)CN3CC2CC2)[C@H]1O5.Cl. The van der Waals surface area contributed by atoms with Gasteiger partial charge in [-0.15, -0.1) is 12.4 Å². The lowest BCUT2D eigenvalue weighted by molar-refractivity contribution is -0.223. The first kappa shape index (κ1) is 24.8. The molecule has 3 fully saturated rings. The van der Waals surface area contributed by atoms with E-state index < -0.39 is 29.3 Å². The molecule has 9 heteroatoms. The lowest BCUT2D eigenvalue weighted by atomic mass is 9.47. The number of aromatic hydroxyl groups is 1. The van der Waals surface area contributed by atoms with E-state index in [4.69, 9.17) is 9.15 Å². The van der Waals surface area contributed by atoms with Crippen LogP contribution in [0.3, 0.4) is 0 Å². The van der Waals surface area contributed by atoms with Gasteiger partial charge in [-0.1, -0.05) is 6.07 Å². The molecule has 0 radical (unpaired) electrons. The van der Waals surface area contributed by atoms with Gasteiger partial charge in [0.15, 0.2) is 11.5 Å². The third-order valence-electron chi connectivity index (χ3n) is 9.51. The molecule has 7 nitrogen and oxygen atoms in total. The van der Waals surface area contributed by atoms with Crippen LogP contribution in [0.2, 0.25) is 0 Å². The summed E-state index contributed by atoms with van der Waals surface area (Å²) in [4.78, 5) is 17.0. The molecule has 3 aliphatic carbocycles. The van der Waals surface area contributed by atoms with E-state index in [-0.39, 0.29) is 42.4 Å². The van der Waals surface area contributed by atoms with E-state index >= 15 is 4.39 Å². The van der Waals surface area contributed by atoms with Crippen molar-refractivity contribution >= 4 is 24.4 Å². The summed E-state index contributed by atoms with van der Waals surface area (Å²) in [7, 11) is 1.70. The van der Waals surface area contributed by atoms with Crippen LogP contribution in [0, 0.1) is 5.92 Å². The third kappa shape index (κ3) is 3.28. The van der Waals surface area contributed by atoms with Gasteiger partial charge in [-0.05, 0) is 61.8 Å². The molecule has 5 aliphatic rings. The Hall–Kier alpha value is -2.55. The van der Waals surface area contributed by atoms with Crippen molar-refractivity contribution < 1.29 is 28.6 Å². The van der Waals surface area contributed by atoms with E-state index in [2.05, 4.69) is 4.90 Å². The second kappa shape index (κ2) is 8.48. The molecule has 1 aromatic carbocycles. The number of halogens is 2. The van der Waals surface area contributed by atoms with Crippen LogP contribution in [0.4, 0.5) is 4.39 Å². The summed E-state index contributed by atoms with van der Waals surface area (Å²) in [6, 6.07) is 4.54. The van der Waals surface area contributed by atoms with Gasteiger partial charge in [0.05, 0.1) is 24.2 Å². The van der Waals surface area contributed by atoms with Crippen LogP contribution < -0.4 is 4.74 Å². The number of likely N-dealkylation sites (N-methyl/N-ethyl adjacent to an activating group) is 1. The molecule has 6 atom stereocenters. The van der Waals surface area contributed by atoms with E-state index in [1.54, 1.807) is 42.7 Å². The van der Waals surface area contributed by atoms with Gasteiger partial charge >= 0.3 is 0 Å². The van der Waals surface area contributed by atoms with Crippen LogP contribution >= 0.6 is 12.4 Å². The molecule has 1 aromatic heterocycles. The minimum atomic E-state index is -1.39. The normalized spacial score (nSPS) is 35.5. The van der Waals surface area contributed by atoms with Crippen LogP contribution in [0.1, 0.15) is 42.4 Å². The fourth-order valence-electron chi connectivity index (χ4n) is 7.67. The number of carbonyl (C=O) groups is 1. The monoisotopic (exact) mass is 530 g/mol. The van der Waals surface area contributed by atoms with Gasteiger partial charge in [0.25, 0.3) is 0 Å². The number of carbonyl (C=O) groups excluding carboxylic acids is 1. The minimum Gasteiger partial charge on any atom is -0.504 e. The number of furan rings is 1. The number of phenols is 1. The quantitative estimate of drug-likeness (QED) is 0.576. The van der Waals surface area contributed by atoms with Crippen molar-refractivity contribution in [3.8, 4) is 11.5 Å². The molecule has 1 amide bonds. The molecular weight excluding hydrogens is 499 g/mol. The summed E-state index contributed by atoms with van der Waals surface area (Å²) in [5, 5.41) is 23.2. The largest absolute Gasteiger partial charge is 0.504 e. The number of rotatable bonds is 5. The summed E-state index contributed by atoms with van der Waals surface area (Å²) in [5.41, 5.74) is -0.356. The molecule has 1 unspecified atom stereocenters. The molecule has 198 valence electrons. The highest BCUT2D eigenvalue weighted by Crippen LogP contribution is 2.66. The van der Waals surface area contributed by atoms with Crippen molar-refractivity contribution in [2.75, 3.05) is 20.1 Å². The average Bonchev–Trinajstić information content (AvgIpc) is 3.36. The number of nitrogens with zero attached hydrogens (tertiary/aromatic N) is 2. The number of piperidine rings is 1. The fraction of sp³-hybridized carbons (Fsp3) is 0.536. The second-order valence-electron chi connectivity index (χ2n) is 11.3. The maximum absolute atomic E-state index is 16.7. The first-order chi connectivity index (χ1) is 17.3. The van der Waals surface area contributed by atoms with Gasteiger partial charge in [-0.3, -0.25) is 9.69 Å². The predicted octanol–water partition coefficient (Wildman–Crippen LogP) is 3.46. The molecule has 3 heterocycles. The number of amides is 1. The van der Waals surface area contributed by atoms with Crippen molar-refractivity contribution in [2.45, 2.75) is 67.5 Å². The maximum Gasteiger partial charge on any atom is 0.246 e. The molecule has 2 aromatic rings. The minimum absolute atomic E-state index is 0. The van der Waals surface area contributed by atoms with Gasteiger partial charge in [0.2, 0.25) is 5.91 Å². The summed E-state index contributed by atoms with van der Waals surface area (Å²) in [5.74, 6) is 0.568. The number of ether oxygens (including phenoxy) is 1. The van der Waals surface area contributed by atoms with Gasteiger partial charge in [0.1, 0.15) is 17.7 Å². The predicted molar refractivity (Wildman–Crippen MR) is 137 cm³/mol. The Morgan fingerprint density at radius 1 is 1.30 bits per heavy atom. The number of benzene rings is 1. The van der Waals surface area contributed by atoms with Crippen molar-refractivity contribution in [3.05, 3.63) is 53.5 Å². The van der Waals surface area contributed by atoms with Gasteiger partial charge in [0, 0.05) is 43.4 Å². The first-order valence-electron chi connectivity index (χ1n) is 12.9. The molecule has 37 heavy (non-hydrogen) atoms. The molecular formula is C28H32ClFN2O5. The molecule has 2 N–H and O–H groups in total.